The van der Waals surface area contributed by atoms with Gasteiger partial charge >= 0.3 is 0 Å². The van der Waals surface area contributed by atoms with Crippen LogP contribution in [0.3, 0.4) is 0 Å². The van der Waals surface area contributed by atoms with Gasteiger partial charge in [0.2, 0.25) is 0 Å². The molecule has 1 aromatic rings. The van der Waals surface area contributed by atoms with Crippen LogP contribution in [0.1, 0.15) is 6.92 Å². The number of hydrogen-bond acceptors (Lipinski definition) is 3. The lowest BCUT2D eigenvalue weighted by molar-refractivity contribution is 0.278. The van der Waals surface area contributed by atoms with Crippen LogP contribution in [0, 0.1) is 12.3 Å². The third kappa shape index (κ3) is 2.17. The highest BCUT2D eigenvalue weighted by Crippen LogP contribution is 2.13. The van der Waals surface area contributed by atoms with E-state index in [-0.39, 0.29) is 6.10 Å². The van der Waals surface area contributed by atoms with Crippen molar-refractivity contribution in [2.75, 3.05) is 5.73 Å². The second-order valence-electron chi connectivity index (χ2n) is 2.38. The van der Waals surface area contributed by atoms with Gasteiger partial charge in [0.15, 0.2) is 6.10 Å². The van der Waals surface area contributed by atoms with Gasteiger partial charge in [-0.25, -0.2) is 0 Å². The molecule has 2 N–H and O–H groups in total. The fourth-order valence-corrected chi connectivity index (χ4v) is 0.738. The maximum Gasteiger partial charge on any atom is 0.156 e. The first-order chi connectivity index (χ1) is 5.72. The number of hydrogen-bond donors (Lipinski definition) is 1. The van der Waals surface area contributed by atoms with E-state index in [0.29, 0.717) is 11.4 Å². The Bertz CT molecular complexity index is 304. The van der Waals surface area contributed by atoms with Gasteiger partial charge in [-0.3, -0.25) is 4.98 Å². The van der Waals surface area contributed by atoms with Crippen molar-refractivity contribution in [3.8, 4) is 18.1 Å². The van der Waals surface area contributed by atoms with Crippen LogP contribution >= 0.6 is 0 Å². The molecule has 1 atom stereocenters. The Morgan fingerprint density at radius 3 is 3.00 bits per heavy atom. The smallest absolute Gasteiger partial charge is 0.156 e. The van der Waals surface area contributed by atoms with Gasteiger partial charge in [-0.05, 0) is 6.92 Å². The molecule has 0 aliphatic heterocycles. The van der Waals surface area contributed by atoms with E-state index < -0.39 is 0 Å². The summed E-state index contributed by atoms with van der Waals surface area (Å²) in [6.07, 6.45) is 8.00. The molecule has 0 saturated heterocycles. The van der Waals surface area contributed by atoms with E-state index in [1.165, 1.54) is 0 Å². The maximum atomic E-state index is 5.48. The predicted molar refractivity (Wildman–Crippen MR) is 47.6 cm³/mol. The van der Waals surface area contributed by atoms with Crippen molar-refractivity contribution >= 4 is 5.69 Å². The standard InChI is InChI=1S/C9H10N2O/c1-3-7(2)12-9-4-8(10)5-11-6-9/h1,4-7H,10H2,2H3. The number of aromatic nitrogens is 1. The summed E-state index contributed by atoms with van der Waals surface area (Å²) >= 11 is 0. The number of nitrogen functional groups attached to an aromatic ring is 1. The Hall–Kier alpha value is -1.69. The Labute approximate surface area is 71.6 Å². The van der Waals surface area contributed by atoms with E-state index in [2.05, 4.69) is 10.9 Å². The zero-order valence-corrected chi connectivity index (χ0v) is 6.82. The molecule has 0 saturated carbocycles. The Morgan fingerprint density at radius 1 is 1.67 bits per heavy atom. The number of nitrogens with zero attached hydrogens (tertiary/aromatic N) is 1. The Kier molecular flexibility index (Phi) is 2.54. The van der Waals surface area contributed by atoms with E-state index in [1.54, 1.807) is 25.4 Å². The highest BCUT2D eigenvalue weighted by atomic mass is 16.5. The van der Waals surface area contributed by atoms with Crippen molar-refractivity contribution < 1.29 is 4.74 Å². The molecule has 3 nitrogen and oxygen atoms in total. The maximum absolute atomic E-state index is 5.48. The van der Waals surface area contributed by atoms with Gasteiger partial charge in [0.25, 0.3) is 0 Å². The minimum atomic E-state index is -0.256. The summed E-state index contributed by atoms with van der Waals surface area (Å²) < 4.78 is 5.27. The molecule has 3 heteroatoms. The summed E-state index contributed by atoms with van der Waals surface area (Å²) in [7, 11) is 0. The topological polar surface area (TPSA) is 48.1 Å². The van der Waals surface area contributed by atoms with Crippen LogP contribution in [0.2, 0.25) is 0 Å². The van der Waals surface area contributed by atoms with Crippen molar-refractivity contribution in [1.82, 2.24) is 4.98 Å². The van der Waals surface area contributed by atoms with Crippen molar-refractivity contribution in [3.63, 3.8) is 0 Å². The van der Waals surface area contributed by atoms with Crippen molar-refractivity contribution in [2.24, 2.45) is 0 Å². The Morgan fingerprint density at radius 2 is 2.42 bits per heavy atom. The number of rotatable bonds is 2. The van der Waals surface area contributed by atoms with Crippen LogP contribution in [-0.2, 0) is 0 Å². The van der Waals surface area contributed by atoms with Crippen LogP contribution in [-0.4, -0.2) is 11.1 Å². The first-order valence-corrected chi connectivity index (χ1v) is 3.55. The molecule has 12 heavy (non-hydrogen) atoms. The quantitative estimate of drug-likeness (QED) is 0.661. The highest BCUT2D eigenvalue weighted by molar-refractivity contribution is 5.40. The largest absolute Gasteiger partial charge is 0.476 e. The van der Waals surface area contributed by atoms with Crippen LogP contribution in [0.25, 0.3) is 0 Å². The van der Waals surface area contributed by atoms with Gasteiger partial charge in [-0.2, -0.15) is 0 Å². The lowest BCUT2D eigenvalue weighted by atomic mass is 10.4. The number of terminal acetylenes is 1. The Balaban J connectivity index is 2.71. The molecule has 0 amide bonds. The fourth-order valence-electron chi connectivity index (χ4n) is 0.738. The molecule has 1 heterocycles. The molecular formula is C9H10N2O. The van der Waals surface area contributed by atoms with E-state index in [4.69, 9.17) is 16.9 Å². The third-order valence-electron chi connectivity index (χ3n) is 1.28. The van der Waals surface area contributed by atoms with Crippen LogP contribution in [0.4, 0.5) is 5.69 Å². The van der Waals surface area contributed by atoms with E-state index in [1.807, 2.05) is 0 Å². The van der Waals surface area contributed by atoms with Crippen molar-refractivity contribution in [3.05, 3.63) is 18.5 Å². The zero-order valence-electron chi connectivity index (χ0n) is 6.82. The van der Waals surface area contributed by atoms with Crippen LogP contribution < -0.4 is 10.5 Å². The molecule has 1 aromatic heterocycles. The molecule has 62 valence electrons. The summed E-state index contributed by atoms with van der Waals surface area (Å²) in [6.45, 7) is 1.78. The summed E-state index contributed by atoms with van der Waals surface area (Å²) in [5, 5.41) is 0. The lowest BCUT2D eigenvalue weighted by Gasteiger charge is -2.07. The molecule has 0 aliphatic carbocycles. The van der Waals surface area contributed by atoms with Crippen LogP contribution in [0.15, 0.2) is 18.5 Å². The lowest BCUT2D eigenvalue weighted by Crippen LogP contribution is -2.08. The summed E-state index contributed by atoms with van der Waals surface area (Å²) in [5.41, 5.74) is 6.05. The van der Waals surface area contributed by atoms with Crippen LogP contribution in [0.5, 0.6) is 5.75 Å². The summed E-state index contributed by atoms with van der Waals surface area (Å²) in [5.74, 6) is 3.04. The monoisotopic (exact) mass is 162 g/mol. The minimum Gasteiger partial charge on any atom is -0.476 e. The first kappa shape index (κ1) is 8.41. The number of ether oxygens (including phenoxy) is 1. The van der Waals surface area contributed by atoms with Gasteiger partial charge in [0.05, 0.1) is 18.1 Å². The molecule has 0 aliphatic rings. The highest BCUT2D eigenvalue weighted by Gasteiger charge is 1.99. The number of pyridine rings is 1. The first-order valence-electron chi connectivity index (χ1n) is 3.55. The second kappa shape index (κ2) is 3.63. The van der Waals surface area contributed by atoms with Gasteiger partial charge in [-0.15, -0.1) is 6.42 Å². The van der Waals surface area contributed by atoms with E-state index in [9.17, 15) is 0 Å². The van der Waals surface area contributed by atoms with Gasteiger partial charge < -0.3 is 10.5 Å². The summed E-state index contributed by atoms with van der Waals surface area (Å²) in [4.78, 5) is 3.85. The predicted octanol–water partition coefficient (Wildman–Crippen LogP) is 1.06. The fraction of sp³-hybridized carbons (Fsp3) is 0.222. The number of nitrogens with two attached hydrogens (primary N) is 1. The van der Waals surface area contributed by atoms with Gasteiger partial charge in [-0.1, -0.05) is 5.92 Å². The average Bonchev–Trinajstić information content (AvgIpc) is 2.04. The van der Waals surface area contributed by atoms with Crippen molar-refractivity contribution in [2.45, 2.75) is 13.0 Å². The minimum absolute atomic E-state index is 0.256. The average molecular weight is 162 g/mol. The molecule has 0 fully saturated rings. The van der Waals surface area contributed by atoms with E-state index >= 15 is 0 Å². The number of anilines is 1. The zero-order chi connectivity index (χ0) is 8.97. The molecule has 0 aromatic carbocycles. The third-order valence-corrected chi connectivity index (χ3v) is 1.28. The van der Waals surface area contributed by atoms with E-state index in [0.717, 1.165) is 0 Å². The second-order valence-corrected chi connectivity index (χ2v) is 2.38. The SMILES string of the molecule is C#CC(C)Oc1cncc(N)c1. The normalized spacial score (nSPS) is 11.7. The molecule has 0 bridgehead atoms. The molecule has 1 unspecified atom stereocenters. The summed E-state index contributed by atoms with van der Waals surface area (Å²) in [6, 6.07) is 1.68. The van der Waals surface area contributed by atoms with Crippen molar-refractivity contribution in [1.29, 1.82) is 0 Å². The molecule has 1 rings (SSSR count). The molecule has 0 spiro atoms. The molecule has 0 radical (unpaired) electrons. The van der Waals surface area contributed by atoms with Gasteiger partial charge in [0, 0.05) is 6.07 Å². The molecular weight excluding hydrogens is 152 g/mol. The van der Waals surface area contributed by atoms with Gasteiger partial charge in [0.1, 0.15) is 5.75 Å².